The maximum absolute atomic E-state index is 6.16. The Hall–Kier alpha value is -1.38. The lowest BCUT2D eigenvalue weighted by atomic mass is 9.98. The smallest absolute Gasteiger partial charge is 0.164 e. The van der Waals surface area contributed by atoms with Gasteiger partial charge in [-0.2, -0.15) is 0 Å². The lowest BCUT2D eigenvalue weighted by Gasteiger charge is -2.17. The predicted octanol–water partition coefficient (Wildman–Crippen LogP) is 5.88. The molecule has 1 atom stereocenters. The van der Waals surface area contributed by atoms with Crippen LogP contribution in [-0.4, -0.2) is 0 Å². The molecule has 0 saturated heterocycles. The second kappa shape index (κ2) is 6.38. The molecule has 0 fully saturated rings. The summed E-state index contributed by atoms with van der Waals surface area (Å²) in [6.45, 7) is 4.30. The number of para-hydroxylation sites is 1. The Balaban J connectivity index is 2.41. The third-order valence-electron chi connectivity index (χ3n) is 3.29. The molecule has 0 radical (unpaired) electrons. The maximum atomic E-state index is 6.16. The van der Waals surface area contributed by atoms with Crippen molar-refractivity contribution >= 4 is 28.9 Å². The van der Waals surface area contributed by atoms with Gasteiger partial charge in [0.25, 0.3) is 0 Å². The standard InChI is InChI=1S/C16H17Cl2NO/c1-3-10(2)12-6-4-5-7-15(12)20-16-13(17)8-11(19)9-14(16)18/h4-10H,3,19H2,1-2H3. The van der Waals surface area contributed by atoms with Crippen molar-refractivity contribution in [2.75, 3.05) is 5.73 Å². The third kappa shape index (κ3) is 3.20. The summed E-state index contributed by atoms with van der Waals surface area (Å²) >= 11 is 12.3. The highest BCUT2D eigenvalue weighted by Crippen LogP contribution is 2.40. The van der Waals surface area contributed by atoms with Crippen molar-refractivity contribution in [2.45, 2.75) is 26.2 Å². The van der Waals surface area contributed by atoms with E-state index in [0.717, 1.165) is 17.7 Å². The van der Waals surface area contributed by atoms with Crippen LogP contribution in [0.4, 0.5) is 5.69 Å². The molecule has 106 valence electrons. The Labute approximate surface area is 129 Å². The van der Waals surface area contributed by atoms with Crippen molar-refractivity contribution in [1.82, 2.24) is 0 Å². The summed E-state index contributed by atoms with van der Waals surface area (Å²) in [5.74, 6) is 1.62. The van der Waals surface area contributed by atoms with Crippen molar-refractivity contribution in [3.8, 4) is 11.5 Å². The van der Waals surface area contributed by atoms with Gasteiger partial charge < -0.3 is 10.5 Å². The van der Waals surface area contributed by atoms with Crippen LogP contribution in [0, 0.1) is 0 Å². The second-order valence-electron chi connectivity index (χ2n) is 4.76. The molecule has 0 spiro atoms. The zero-order chi connectivity index (χ0) is 14.7. The van der Waals surface area contributed by atoms with E-state index in [1.54, 1.807) is 12.1 Å². The molecule has 2 nitrogen and oxygen atoms in total. The number of halogens is 2. The highest BCUT2D eigenvalue weighted by Gasteiger charge is 2.14. The fourth-order valence-corrected chi connectivity index (χ4v) is 2.57. The van der Waals surface area contributed by atoms with Gasteiger partial charge in [-0.15, -0.1) is 0 Å². The van der Waals surface area contributed by atoms with Gasteiger partial charge in [0.15, 0.2) is 5.75 Å². The lowest BCUT2D eigenvalue weighted by molar-refractivity contribution is 0.471. The van der Waals surface area contributed by atoms with Crippen LogP contribution in [0.5, 0.6) is 11.5 Å². The molecule has 0 saturated carbocycles. The van der Waals surface area contributed by atoms with E-state index in [2.05, 4.69) is 19.9 Å². The third-order valence-corrected chi connectivity index (χ3v) is 3.86. The van der Waals surface area contributed by atoms with Crippen LogP contribution >= 0.6 is 23.2 Å². The minimum absolute atomic E-state index is 0.400. The summed E-state index contributed by atoms with van der Waals surface area (Å²) in [7, 11) is 0. The van der Waals surface area contributed by atoms with E-state index in [1.165, 1.54) is 0 Å². The molecule has 4 heteroatoms. The minimum Gasteiger partial charge on any atom is -0.454 e. The molecule has 0 heterocycles. The summed E-state index contributed by atoms with van der Waals surface area (Å²) in [6, 6.07) is 11.2. The van der Waals surface area contributed by atoms with Crippen LogP contribution in [0.15, 0.2) is 36.4 Å². The fourth-order valence-electron chi connectivity index (χ4n) is 1.99. The molecule has 0 bridgehead atoms. The number of nitrogens with two attached hydrogens (primary N) is 1. The first-order valence-electron chi connectivity index (χ1n) is 6.54. The number of ether oxygens (including phenoxy) is 1. The zero-order valence-electron chi connectivity index (χ0n) is 11.5. The molecule has 2 aromatic carbocycles. The highest BCUT2D eigenvalue weighted by atomic mass is 35.5. The average molecular weight is 310 g/mol. The zero-order valence-corrected chi connectivity index (χ0v) is 13.0. The Morgan fingerprint density at radius 2 is 1.75 bits per heavy atom. The molecule has 2 rings (SSSR count). The molecule has 20 heavy (non-hydrogen) atoms. The monoisotopic (exact) mass is 309 g/mol. The van der Waals surface area contributed by atoms with Gasteiger partial charge >= 0.3 is 0 Å². The van der Waals surface area contributed by atoms with Gasteiger partial charge in [-0.3, -0.25) is 0 Å². The van der Waals surface area contributed by atoms with E-state index in [9.17, 15) is 0 Å². The number of hydrogen-bond acceptors (Lipinski definition) is 2. The predicted molar refractivity (Wildman–Crippen MR) is 86.1 cm³/mol. The first-order valence-corrected chi connectivity index (χ1v) is 7.29. The summed E-state index contributed by atoms with van der Waals surface area (Å²) in [5, 5.41) is 0.822. The van der Waals surface area contributed by atoms with Crippen LogP contribution < -0.4 is 10.5 Å². The molecule has 1 unspecified atom stereocenters. The quantitative estimate of drug-likeness (QED) is 0.715. The van der Waals surface area contributed by atoms with E-state index in [-0.39, 0.29) is 0 Å². The Bertz CT molecular complexity index is 590. The molecule has 0 aliphatic heterocycles. The van der Waals surface area contributed by atoms with E-state index in [1.807, 2.05) is 18.2 Å². The Kier molecular flexibility index (Phi) is 4.79. The first-order chi connectivity index (χ1) is 9.52. The van der Waals surface area contributed by atoms with E-state index < -0.39 is 0 Å². The normalized spacial score (nSPS) is 12.2. The van der Waals surface area contributed by atoms with Crippen molar-refractivity contribution in [3.05, 3.63) is 52.0 Å². The molecule has 0 amide bonds. The summed E-state index contributed by atoms with van der Waals surface area (Å²) in [6.07, 6.45) is 1.03. The fraction of sp³-hybridized carbons (Fsp3) is 0.250. The second-order valence-corrected chi connectivity index (χ2v) is 5.58. The van der Waals surface area contributed by atoms with Gasteiger partial charge in [-0.05, 0) is 36.1 Å². The van der Waals surface area contributed by atoms with Gasteiger partial charge in [0, 0.05) is 5.69 Å². The average Bonchev–Trinajstić information content (AvgIpc) is 2.42. The topological polar surface area (TPSA) is 35.2 Å². The minimum atomic E-state index is 0.400. The van der Waals surface area contributed by atoms with Crippen LogP contribution in [0.25, 0.3) is 0 Å². The lowest BCUT2D eigenvalue weighted by Crippen LogP contribution is -1.97. The largest absolute Gasteiger partial charge is 0.454 e. The van der Waals surface area contributed by atoms with Gasteiger partial charge in [0.05, 0.1) is 10.0 Å². The molecule has 0 aliphatic carbocycles. The van der Waals surface area contributed by atoms with Crippen LogP contribution in [0.2, 0.25) is 10.0 Å². The van der Waals surface area contributed by atoms with E-state index in [4.69, 9.17) is 33.7 Å². The van der Waals surface area contributed by atoms with Crippen molar-refractivity contribution < 1.29 is 4.74 Å². The van der Waals surface area contributed by atoms with Gasteiger partial charge in [-0.25, -0.2) is 0 Å². The highest BCUT2D eigenvalue weighted by molar-refractivity contribution is 6.37. The number of rotatable bonds is 4. The van der Waals surface area contributed by atoms with E-state index in [0.29, 0.717) is 27.4 Å². The summed E-state index contributed by atoms with van der Waals surface area (Å²) < 4.78 is 5.93. The van der Waals surface area contributed by atoms with Crippen LogP contribution in [-0.2, 0) is 0 Å². The number of anilines is 1. The number of nitrogen functional groups attached to an aromatic ring is 1. The van der Waals surface area contributed by atoms with Gasteiger partial charge in [0.1, 0.15) is 5.75 Å². The van der Waals surface area contributed by atoms with Gasteiger partial charge in [0.2, 0.25) is 0 Å². The maximum Gasteiger partial charge on any atom is 0.164 e. The number of benzene rings is 2. The Morgan fingerprint density at radius 3 is 2.35 bits per heavy atom. The molecule has 0 aromatic heterocycles. The summed E-state index contributed by atoms with van der Waals surface area (Å²) in [4.78, 5) is 0. The number of hydrogen-bond donors (Lipinski definition) is 1. The van der Waals surface area contributed by atoms with E-state index >= 15 is 0 Å². The molecule has 0 aliphatic rings. The molecule has 2 aromatic rings. The van der Waals surface area contributed by atoms with Gasteiger partial charge in [-0.1, -0.05) is 55.2 Å². The molecule has 2 N–H and O–H groups in total. The van der Waals surface area contributed by atoms with Crippen LogP contribution in [0.1, 0.15) is 31.7 Å². The molecular formula is C16H17Cl2NO. The van der Waals surface area contributed by atoms with Crippen molar-refractivity contribution in [3.63, 3.8) is 0 Å². The summed E-state index contributed by atoms with van der Waals surface area (Å²) in [5.41, 5.74) is 7.35. The van der Waals surface area contributed by atoms with Crippen molar-refractivity contribution in [2.24, 2.45) is 0 Å². The van der Waals surface area contributed by atoms with Crippen molar-refractivity contribution in [1.29, 1.82) is 0 Å². The Morgan fingerprint density at radius 1 is 1.15 bits per heavy atom. The molecular weight excluding hydrogens is 293 g/mol. The van der Waals surface area contributed by atoms with Crippen LogP contribution in [0.3, 0.4) is 0 Å². The first kappa shape index (κ1) is 15.0. The SMILES string of the molecule is CCC(C)c1ccccc1Oc1c(Cl)cc(N)cc1Cl.